The molecular weight excluding hydrogens is 550 g/mol. The normalized spacial score (nSPS) is 14.8. The minimum Gasteiger partial charge on any atom is -0.493 e. The maximum atomic E-state index is 13.8. The Hall–Kier alpha value is -3.49. The van der Waals surface area contributed by atoms with E-state index in [1.807, 2.05) is 18.2 Å². The molecular formula is C27H21BrClNO6. The Kier molecular flexibility index (Phi) is 6.40. The second-order valence-corrected chi connectivity index (χ2v) is 9.52. The van der Waals surface area contributed by atoms with Crippen LogP contribution in [0.3, 0.4) is 0 Å². The van der Waals surface area contributed by atoms with Gasteiger partial charge in [-0.15, -0.1) is 0 Å². The molecule has 2 heterocycles. The molecule has 7 nitrogen and oxygen atoms in total. The average Bonchev–Trinajstić information content (AvgIpc) is 3.16. The van der Waals surface area contributed by atoms with E-state index in [0.29, 0.717) is 38.8 Å². The molecule has 4 aromatic rings. The lowest BCUT2D eigenvalue weighted by atomic mass is 9.97. The van der Waals surface area contributed by atoms with Crippen molar-refractivity contribution in [1.29, 1.82) is 0 Å². The van der Waals surface area contributed by atoms with Gasteiger partial charge in [0.15, 0.2) is 16.9 Å². The second-order valence-electron chi connectivity index (χ2n) is 8.20. The van der Waals surface area contributed by atoms with Gasteiger partial charge in [-0.05, 0) is 47.5 Å². The lowest BCUT2D eigenvalue weighted by Crippen LogP contribution is -2.29. The highest BCUT2D eigenvalue weighted by atomic mass is 79.9. The van der Waals surface area contributed by atoms with Gasteiger partial charge in [0.2, 0.25) is 11.5 Å². The molecule has 5 rings (SSSR count). The van der Waals surface area contributed by atoms with Gasteiger partial charge in [-0.2, -0.15) is 0 Å². The van der Waals surface area contributed by atoms with E-state index < -0.39 is 11.9 Å². The smallest absolute Gasteiger partial charge is 0.291 e. The number of fused-ring (bicyclic) bond motifs is 2. The van der Waals surface area contributed by atoms with Crippen LogP contribution >= 0.6 is 27.5 Å². The molecule has 0 spiro atoms. The Morgan fingerprint density at radius 3 is 2.31 bits per heavy atom. The number of rotatable bonds is 6. The molecule has 36 heavy (non-hydrogen) atoms. The van der Waals surface area contributed by atoms with E-state index in [2.05, 4.69) is 15.9 Å². The van der Waals surface area contributed by atoms with Crippen molar-refractivity contribution >= 4 is 44.4 Å². The summed E-state index contributed by atoms with van der Waals surface area (Å²) in [6.07, 6.45) is 0. The summed E-state index contributed by atoms with van der Waals surface area (Å²) in [5.41, 5.74) is 1.62. The van der Waals surface area contributed by atoms with Crippen LogP contribution in [-0.4, -0.2) is 32.1 Å². The van der Waals surface area contributed by atoms with Gasteiger partial charge in [0.25, 0.3) is 5.91 Å². The predicted molar refractivity (Wildman–Crippen MR) is 139 cm³/mol. The molecule has 1 unspecified atom stereocenters. The Bertz CT molecular complexity index is 1540. The molecule has 0 aliphatic carbocycles. The lowest BCUT2D eigenvalue weighted by Gasteiger charge is -2.26. The first-order valence-corrected chi connectivity index (χ1v) is 12.2. The molecule has 1 amide bonds. The Balaban J connectivity index is 1.78. The predicted octanol–water partition coefficient (Wildman–Crippen LogP) is 5.98. The zero-order valence-electron chi connectivity index (χ0n) is 19.6. The third-order valence-electron chi connectivity index (χ3n) is 6.23. The fourth-order valence-corrected chi connectivity index (χ4v) is 5.13. The van der Waals surface area contributed by atoms with Crippen LogP contribution < -0.4 is 19.6 Å². The zero-order chi connectivity index (χ0) is 25.6. The van der Waals surface area contributed by atoms with Gasteiger partial charge < -0.3 is 23.5 Å². The minimum atomic E-state index is -0.780. The standard InChI is InChI=1S/C27H21BrClNO6/c1-33-20-10-15(11-21(34-2)25(20)35-3)23-22-24(31)17-12-16(28)8-9-19(17)36-26(22)27(32)30(23)13-14-6-4-5-7-18(14)29/h4-12,23H,13H2,1-3H3. The molecule has 0 bridgehead atoms. The van der Waals surface area contributed by atoms with Gasteiger partial charge in [-0.3, -0.25) is 9.59 Å². The first kappa shape index (κ1) is 24.2. The summed E-state index contributed by atoms with van der Waals surface area (Å²) in [6.45, 7) is 0.156. The van der Waals surface area contributed by atoms with Gasteiger partial charge in [0.05, 0.1) is 38.3 Å². The van der Waals surface area contributed by atoms with E-state index in [-0.39, 0.29) is 23.3 Å². The number of carbonyl (C=O) groups is 1. The van der Waals surface area contributed by atoms with Gasteiger partial charge in [0.1, 0.15) is 5.58 Å². The van der Waals surface area contributed by atoms with Crippen LogP contribution in [0.25, 0.3) is 11.0 Å². The van der Waals surface area contributed by atoms with Crippen molar-refractivity contribution in [2.75, 3.05) is 21.3 Å². The maximum Gasteiger partial charge on any atom is 0.291 e. The number of nitrogens with zero attached hydrogens (tertiary/aromatic N) is 1. The minimum absolute atomic E-state index is 0.000581. The van der Waals surface area contributed by atoms with Gasteiger partial charge in [-0.1, -0.05) is 45.7 Å². The first-order valence-electron chi connectivity index (χ1n) is 11.0. The van der Waals surface area contributed by atoms with Crippen LogP contribution in [0, 0.1) is 0 Å². The van der Waals surface area contributed by atoms with Crippen molar-refractivity contribution in [2.24, 2.45) is 0 Å². The molecule has 9 heteroatoms. The Labute approximate surface area is 220 Å². The van der Waals surface area contributed by atoms with E-state index in [1.54, 1.807) is 41.3 Å². The molecule has 0 fully saturated rings. The molecule has 1 atom stereocenters. The van der Waals surface area contributed by atoms with Crippen molar-refractivity contribution in [3.8, 4) is 17.2 Å². The monoisotopic (exact) mass is 569 g/mol. The largest absolute Gasteiger partial charge is 0.493 e. The average molecular weight is 571 g/mol. The summed E-state index contributed by atoms with van der Waals surface area (Å²) in [7, 11) is 4.53. The first-order chi connectivity index (χ1) is 17.4. The van der Waals surface area contributed by atoms with Gasteiger partial charge >= 0.3 is 0 Å². The Morgan fingerprint density at radius 1 is 0.972 bits per heavy atom. The summed E-state index contributed by atoms with van der Waals surface area (Å²) < 4.78 is 23.3. The van der Waals surface area contributed by atoms with Crippen LogP contribution in [0.4, 0.5) is 0 Å². The second kappa shape index (κ2) is 9.52. The third-order valence-corrected chi connectivity index (χ3v) is 7.09. The maximum absolute atomic E-state index is 13.8. The highest BCUT2D eigenvalue weighted by molar-refractivity contribution is 9.10. The zero-order valence-corrected chi connectivity index (χ0v) is 22.0. The van der Waals surface area contributed by atoms with Crippen LogP contribution in [0.2, 0.25) is 5.02 Å². The van der Waals surface area contributed by atoms with E-state index in [9.17, 15) is 9.59 Å². The summed E-state index contributed by atoms with van der Waals surface area (Å²) >= 11 is 9.86. The number of methoxy groups -OCH3 is 3. The van der Waals surface area contributed by atoms with Crippen molar-refractivity contribution in [2.45, 2.75) is 12.6 Å². The molecule has 0 N–H and O–H groups in total. The number of carbonyl (C=O) groups excluding carboxylic acids is 1. The van der Waals surface area contributed by atoms with Crippen LogP contribution in [0.5, 0.6) is 17.2 Å². The summed E-state index contributed by atoms with van der Waals surface area (Å²) in [6, 6.07) is 15.1. The van der Waals surface area contributed by atoms with Crippen molar-refractivity contribution in [3.63, 3.8) is 0 Å². The number of halogens is 2. The van der Waals surface area contributed by atoms with Crippen molar-refractivity contribution < 1.29 is 23.4 Å². The number of hydrogen-bond acceptors (Lipinski definition) is 6. The molecule has 0 saturated carbocycles. The summed E-state index contributed by atoms with van der Waals surface area (Å²) in [5.74, 6) is 0.795. The van der Waals surface area contributed by atoms with E-state index in [4.69, 9.17) is 30.2 Å². The topological polar surface area (TPSA) is 78.2 Å². The fraction of sp³-hybridized carbons (Fsp3) is 0.185. The molecule has 1 aliphatic rings. The van der Waals surface area contributed by atoms with Crippen LogP contribution in [0.1, 0.15) is 33.3 Å². The summed E-state index contributed by atoms with van der Waals surface area (Å²) in [4.78, 5) is 29.1. The fourth-order valence-electron chi connectivity index (χ4n) is 4.57. The quantitative estimate of drug-likeness (QED) is 0.284. The highest BCUT2D eigenvalue weighted by Gasteiger charge is 2.43. The molecule has 0 saturated heterocycles. The van der Waals surface area contributed by atoms with Crippen LogP contribution in [0.15, 0.2) is 68.3 Å². The van der Waals surface area contributed by atoms with Crippen molar-refractivity contribution in [3.05, 3.63) is 96.8 Å². The van der Waals surface area contributed by atoms with Gasteiger partial charge in [-0.25, -0.2) is 0 Å². The molecule has 184 valence electrons. The SMILES string of the molecule is COc1cc(C2c3c(oc4ccc(Br)cc4c3=O)C(=O)N2Cc2ccccc2Cl)cc(OC)c1OC. The Morgan fingerprint density at radius 2 is 1.67 bits per heavy atom. The third kappa shape index (κ3) is 3.90. The summed E-state index contributed by atoms with van der Waals surface area (Å²) in [5, 5.41) is 0.881. The number of amides is 1. The number of ether oxygens (including phenoxy) is 3. The number of hydrogen-bond donors (Lipinski definition) is 0. The number of benzene rings is 3. The van der Waals surface area contributed by atoms with Gasteiger partial charge in [0, 0.05) is 16.0 Å². The van der Waals surface area contributed by atoms with E-state index in [1.165, 1.54) is 21.3 Å². The highest BCUT2D eigenvalue weighted by Crippen LogP contribution is 2.45. The molecule has 1 aromatic heterocycles. The van der Waals surface area contributed by atoms with Crippen molar-refractivity contribution in [1.82, 2.24) is 4.90 Å². The van der Waals surface area contributed by atoms with E-state index >= 15 is 0 Å². The molecule has 0 radical (unpaired) electrons. The van der Waals surface area contributed by atoms with Crippen LogP contribution in [-0.2, 0) is 6.54 Å². The van der Waals surface area contributed by atoms with E-state index in [0.717, 1.165) is 10.0 Å². The molecule has 3 aromatic carbocycles. The molecule has 1 aliphatic heterocycles. The lowest BCUT2D eigenvalue weighted by molar-refractivity contribution is 0.0714.